The summed E-state index contributed by atoms with van der Waals surface area (Å²) in [5.74, 6) is 0.443. The first-order chi connectivity index (χ1) is 34.7. The zero-order chi connectivity index (χ0) is 48.3. The Labute approximate surface area is 421 Å². The average molecular weight is 929 g/mol. The first-order valence-electron chi connectivity index (χ1n) is 25.2. The second-order valence-corrected chi connectivity index (χ2v) is 24.4. The highest BCUT2D eigenvalue weighted by atomic mass is 28.3. The topological polar surface area (TPSA) is 6.48 Å². The van der Waals surface area contributed by atoms with Crippen LogP contribution in [0.1, 0.15) is 51.7 Å². The number of para-hydroxylation sites is 1. The molecule has 10 aromatic rings. The molecule has 0 saturated carbocycles. The van der Waals surface area contributed by atoms with Crippen LogP contribution < -0.4 is 46.9 Å². The number of nitrogens with zero attached hydrogens (tertiary/aromatic N) is 2. The van der Waals surface area contributed by atoms with Crippen LogP contribution in [0, 0.1) is 0 Å². The van der Waals surface area contributed by atoms with Crippen molar-refractivity contribution in [3.63, 3.8) is 0 Å². The average Bonchev–Trinajstić information content (AvgIpc) is 3.42. The van der Waals surface area contributed by atoms with Gasteiger partial charge < -0.3 is 9.80 Å². The van der Waals surface area contributed by atoms with E-state index in [4.69, 9.17) is 0 Å². The minimum absolute atomic E-state index is 0.0413. The van der Waals surface area contributed by atoms with E-state index in [1.165, 1.54) is 81.9 Å². The van der Waals surface area contributed by atoms with Gasteiger partial charge in [-0.15, -0.1) is 0 Å². The van der Waals surface area contributed by atoms with Crippen LogP contribution in [0.3, 0.4) is 0 Å². The van der Waals surface area contributed by atoms with Gasteiger partial charge in [0.05, 0.1) is 0 Å². The van der Waals surface area contributed by atoms with Crippen LogP contribution in [-0.2, 0) is 5.41 Å². The van der Waals surface area contributed by atoms with Crippen LogP contribution in [0.4, 0.5) is 34.1 Å². The molecule has 0 radical (unpaired) electrons. The summed E-state index contributed by atoms with van der Waals surface area (Å²) < 4.78 is 0. The Bertz CT molecular complexity index is 3470. The highest BCUT2D eigenvalue weighted by molar-refractivity contribution is 7.26. The molecular formula is C67H57BN2Si. The lowest BCUT2D eigenvalue weighted by molar-refractivity contribution is 0.590. The van der Waals surface area contributed by atoms with E-state index in [1.54, 1.807) is 0 Å². The van der Waals surface area contributed by atoms with E-state index in [9.17, 15) is 0 Å². The van der Waals surface area contributed by atoms with Crippen molar-refractivity contribution in [2.45, 2.75) is 46.0 Å². The van der Waals surface area contributed by atoms with Gasteiger partial charge >= 0.3 is 0 Å². The maximum absolute atomic E-state index is 3.03. The molecule has 10 aromatic carbocycles. The zero-order valence-electron chi connectivity index (χ0n) is 41.2. The minimum atomic E-state index is -3.03. The summed E-state index contributed by atoms with van der Waals surface area (Å²) in [5.41, 5.74) is 18.6. The molecule has 2 heterocycles. The number of fused-ring (bicyclic) bond motifs is 4. The van der Waals surface area contributed by atoms with Crippen molar-refractivity contribution in [3.05, 3.63) is 260 Å². The number of rotatable bonds is 9. The summed E-state index contributed by atoms with van der Waals surface area (Å²) in [7, 11) is -3.03. The summed E-state index contributed by atoms with van der Waals surface area (Å²) in [4.78, 5) is 5.02. The maximum atomic E-state index is 2.61. The van der Waals surface area contributed by atoms with Gasteiger partial charge in [0, 0.05) is 34.1 Å². The number of anilines is 6. The van der Waals surface area contributed by atoms with E-state index in [2.05, 4.69) is 293 Å². The lowest BCUT2D eigenvalue weighted by atomic mass is 9.34. The standard InChI is InChI=1S/C67H57BN2Si/c1-47(2)48-30-32-51(33-31-48)52-44-63-66-65(45-52)71(58-24-14-8-15-25-58,59-26-16-9-17-27-59)64-29-19-18-28-60(64)68(66)61-46-57(69(54-22-12-7-13-23-54)55-40-36-53(37-41-55)67(3,4)5)42-43-62(61)70(63)56-38-34-50(35-39-56)49-20-10-6-11-21-49/h6-47H,1-5H3. The fourth-order valence-corrected chi connectivity index (χ4v) is 16.9. The van der Waals surface area contributed by atoms with Gasteiger partial charge in [-0.3, -0.25) is 0 Å². The van der Waals surface area contributed by atoms with Crippen molar-refractivity contribution in [3.8, 4) is 22.3 Å². The molecule has 4 heteroatoms. The fourth-order valence-electron chi connectivity index (χ4n) is 11.6. The smallest absolute Gasteiger partial charge is 0.246 e. The second-order valence-electron chi connectivity index (χ2n) is 20.7. The molecule has 0 amide bonds. The number of benzene rings is 10. The molecule has 0 N–H and O–H groups in total. The van der Waals surface area contributed by atoms with Crippen LogP contribution in [0.5, 0.6) is 0 Å². The monoisotopic (exact) mass is 928 g/mol. The van der Waals surface area contributed by atoms with Gasteiger partial charge in [0.1, 0.15) is 0 Å². The van der Waals surface area contributed by atoms with Gasteiger partial charge in [0.15, 0.2) is 8.07 Å². The van der Waals surface area contributed by atoms with E-state index >= 15 is 0 Å². The van der Waals surface area contributed by atoms with Gasteiger partial charge in [-0.1, -0.05) is 228 Å². The molecule has 342 valence electrons. The van der Waals surface area contributed by atoms with Crippen molar-refractivity contribution in [1.82, 2.24) is 0 Å². The molecule has 12 rings (SSSR count). The molecule has 0 saturated heterocycles. The van der Waals surface area contributed by atoms with E-state index < -0.39 is 8.07 Å². The molecule has 0 atom stereocenters. The highest BCUT2D eigenvalue weighted by Gasteiger charge is 2.53. The largest absolute Gasteiger partial charge is 0.312 e. The predicted octanol–water partition coefficient (Wildman–Crippen LogP) is 12.9. The first kappa shape index (κ1) is 44.3. The molecule has 0 unspecified atom stereocenters. The summed E-state index contributed by atoms with van der Waals surface area (Å²) in [6.45, 7) is 11.4. The third-order valence-corrected chi connectivity index (χ3v) is 20.0. The maximum Gasteiger partial charge on any atom is 0.246 e. The number of hydrogen-bond donors (Lipinski definition) is 0. The van der Waals surface area contributed by atoms with Crippen LogP contribution >= 0.6 is 0 Å². The Morgan fingerprint density at radius 1 is 0.423 bits per heavy atom. The van der Waals surface area contributed by atoms with Crippen LogP contribution in [-0.4, -0.2) is 14.8 Å². The Morgan fingerprint density at radius 2 is 0.944 bits per heavy atom. The predicted molar refractivity (Wildman–Crippen MR) is 308 cm³/mol. The Hall–Kier alpha value is -7.92. The molecule has 0 bridgehead atoms. The van der Waals surface area contributed by atoms with Crippen molar-refractivity contribution in [1.29, 1.82) is 0 Å². The summed E-state index contributed by atoms with van der Waals surface area (Å²) in [5, 5.41) is 5.67. The first-order valence-corrected chi connectivity index (χ1v) is 27.2. The SMILES string of the molecule is CC(C)c1ccc(-c2cc3c4c(c2)[Si](c2ccccc2)(c2ccccc2)c2ccccc2B4c2cc(N(c4ccccc4)c4ccc(C(C)(C)C)cc4)ccc2N3c2ccc(-c3ccccc3)cc2)cc1. The molecule has 71 heavy (non-hydrogen) atoms. The zero-order valence-corrected chi connectivity index (χ0v) is 42.2. The lowest BCUT2D eigenvalue weighted by Crippen LogP contribution is -2.87. The van der Waals surface area contributed by atoms with Crippen molar-refractivity contribution < 1.29 is 0 Å². The molecule has 0 fully saturated rings. The normalized spacial score (nSPS) is 13.3. The van der Waals surface area contributed by atoms with Crippen molar-refractivity contribution in [2.75, 3.05) is 9.80 Å². The summed E-state index contributed by atoms with van der Waals surface area (Å²) >= 11 is 0. The summed E-state index contributed by atoms with van der Waals surface area (Å²) in [6.07, 6.45) is 0. The highest BCUT2D eigenvalue weighted by Crippen LogP contribution is 2.43. The Balaban J connectivity index is 1.18. The van der Waals surface area contributed by atoms with E-state index in [-0.39, 0.29) is 12.1 Å². The minimum Gasteiger partial charge on any atom is -0.312 e. The van der Waals surface area contributed by atoms with Crippen LogP contribution in [0.2, 0.25) is 0 Å². The molecule has 0 aromatic heterocycles. The third-order valence-electron chi connectivity index (χ3n) is 15.2. The third kappa shape index (κ3) is 7.57. The van der Waals surface area contributed by atoms with Gasteiger partial charge in [0.2, 0.25) is 6.71 Å². The summed E-state index contributed by atoms with van der Waals surface area (Å²) in [6, 6.07) is 94.2. The second kappa shape index (κ2) is 17.8. The van der Waals surface area contributed by atoms with Crippen LogP contribution in [0.15, 0.2) is 249 Å². The molecule has 2 aliphatic rings. The van der Waals surface area contributed by atoms with Gasteiger partial charge in [0.25, 0.3) is 0 Å². The lowest BCUT2D eigenvalue weighted by Gasteiger charge is -2.48. The van der Waals surface area contributed by atoms with Gasteiger partial charge in [-0.2, -0.15) is 0 Å². The van der Waals surface area contributed by atoms with Crippen molar-refractivity contribution >= 4 is 86.0 Å². The molecule has 2 nitrogen and oxygen atoms in total. The molecular weight excluding hydrogens is 872 g/mol. The molecule has 2 aliphatic heterocycles. The Kier molecular flexibility index (Phi) is 11.1. The quantitative estimate of drug-likeness (QED) is 0.133. The van der Waals surface area contributed by atoms with Crippen LogP contribution in [0.25, 0.3) is 22.3 Å². The van der Waals surface area contributed by atoms with Crippen molar-refractivity contribution in [2.24, 2.45) is 0 Å². The fraction of sp³-hybridized carbons (Fsp3) is 0.104. The van der Waals surface area contributed by atoms with Gasteiger partial charge in [-0.05, 0) is 137 Å². The molecule has 0 aliphatic carbocycles. The Morgan fingerprint density at radius 3 is 1.56 bits per heavy atom. The van der Waals surface area contributed by atoms with E-state index in [1.807, 2.05) is 0 Å². The molecule has 0 spiro atoms. The van der Waals surface area contributed by atoms with E-state index in [0.29, 0.717) is 5.92 Å². The van der Waals surface area contributed by atoms with E-state index in [0.717, 1.165) is 22.7 Å². The number of hydrogen-bond acceptors (Lipinski definition) is 2. The van der Waals surface area contributed by atoms with Gasteiger partial charge in [-0.25, -0.2) is 0 Å².